The summed E-state index contributed by atoms with van der Waals surface area (Å²) in [4.78, 5) is 14.5. The second-order valence-corrected chi connectivity index (χ2v) is 8.10. The molecule has 0 aliphatic carbocycles. The van der Waals surface area contributed by atoms with E-state index in [-0.39, 0.29) is 5.56 Å². The van der Waals surface area contributed by atoms with E-state index in [0.717, 1.165) is 31.7 Å². The Balaban J connectivity index is 1.29. The van der Waals surface area contributed by atoms with E-state index in [4.69, 9.17) is 0 Å². The van der Waals surface area contributed by atoms with Gasteiger partial charge in [-0.3, -0.25) is 9.69 Å². The number of likely N-dealkylation sites (tertiary alicyclic amines) is 1. The fourth-order valence-corrected chi connectivity index (χ4v) is 5.03. The summed E-state index contributed by atoms with van der Waals surface area (Å²) < 4.78 is 4.10. The van der Waals surface area contributed by atoms with Crippen LogP contribution in [-0.2, 0) is 13.1 Å². The zero-order valence-corrected chi connectivity index (χ0v) is 15.4. The molecule has 1 N–H and O–H groups in total. The van der Waals surface area contributed by atoms with Gasteiger partial charge in [-0.05, 0) is 35.9 Å². The molecule has 1 saturated heterocycles. The molecule has 0 radical (unpaired) electrons. The maximum Gasteiger partial charge on any atom is 0.250 e. The molecule has 5 nitrogen and oxygen atoms in total. The van der Waals surface area contributed by atoms with Crippen molar-refractivity contribution in [3.8, 4) is 0 Å². The van der Waals surface area contributed by atoms with Crippen LogP contribution in [0.2, 0.25) is 0 Å². The highest BCUT2D eigenvalue weighted by Gasteiger charge is 2.34. The Morgan fingerprint density at radius 3 is 2.81 bits per heavy atom. The summed E-state index contributed by atoms with van der Waals surface area (Å²) >= 11 is 0. The lowest BCUT2D eigenvalue weighted by Crippen LogP contribution is -2.49. The first-order valence-corrected chi connectivity index (χ1v) is 9.81. The maximum absolute atomic E-state index is 12.1. The van der Waals surface area contributed by atoms with Crippen LogP contribution in [0.25, 0.3) is 10.9 Å². The molecule has 1 aromatic carbocycles. The number of para-hydroxylation sites is 1. The predicted molar refractivity (Wildman–Crippen MR) is 106 cm³/mol. The van der Waals surface area contributed by atoms with Gasteiger partial charge in [-0.1, -0.05) is 24.3 Å². The summed E-state index contributed by atoms with van der Waals surface area (Å²) in [6.45, 7) is 3.97. The molecule has 2 aliphatic rings. The van der Waals surface area contributed by atoms with Gasteiger partial charge in [0.15, 0.2) is 0 Å². The van der Waals surface area contributed by atoms with Crippen LogP contribution in [0.1, 0.15) is 18.0 Å². The SMILES string of the molecule is O=c1cccc2n1CC1CC2CN(CC(O)Cn2ccc3ccccc32)C1. The third kappa shape index (κ3) is 3.11. The van der Waals surface area contributed by atoms with E-state index in [1.807, 2.05) is 22.8 Å². The van der Waals surface area contributed by atoms with E-state index in [2.05, 4.69) is 39.9 Å². The summed E-state index contributed by atoms with van der Waals surface area (Å²) in [5, 5.41) is 11.9. The summed E-state index contributed by atoms with van der Waals surface area (Å²) in [6.07, 6.45) is 2.80. The number of rotatable bonds is 4. The molecule has 0 saturated carbocycles. The molecular weight excluding hydrogens is 338 g/mol. The molecule has 3 aromatic rings. The first kappa shape index (κ1) is 16.8. The van der Waals surface area contributed by atoms with Crippen LogP contribution < -0.4 is 5.56 Å². The largest absolute Gasteiger partial charge is 0.390 e. The monoisotopic (exact) mass is 363 g/mol. The number of aliphatic hydroxyl groups is 1. The highest BCUT2D eigenvalue weighted by atomic mass is 16.3. The van der Waals surface area contributed by atoms with Crippen LogP contribution in [0, 0.1) is 5.92 Å². The molecule has 2 aliphatic heterocycles. The number of piperidine rings is 1. The first-order chi connectivity index (χ1) is 13.2. The molecule has 2 aromatic heterocycles. The zero-order valence-electron chi connectivity index (χ0n) is 15.4. The molecule has 5 rings (SSSR count). The molecule has 2 bridgehead atoms. The topological polar surface area (TPSA) is 50.4 Å². The summed E-state index contributed by atoms with van der Waals surface area (Å²) in [5.41, 5.74) is 2.45. The third-order valence-corrected chi connectivity index (χ3v) is 6.11. The molecule has 1 fully saturated rings. The van der Waals surface area contributed by atoms with Gasteiger partial charge in [0.2, 0.25) is 0 Å². The number of pyridine rings is 1. The van der Waals surface area contributed by atoms with Gasteiger partial charge in [-0.25, -0.2) is 0 Å². The molecule has 140 valence electrons. The lowest BCUT2D eigenvalue weighted by atomic mass is 9.83. The Hall–Kier alpha value is -2.37. The Morgan fingerprint density at radius 2 is 1.89 bits per heavy atom. The highest BCUT2D eigenvalue weighted by Crippen LogP contribution is 2.34. The van der Waals surface area contributed by atoms with Crippen molar-refractivity contribution in [2.24, 2.45) is 5.92 Å². The predicted octanol–water partition coefficient (Wildman–Crippen LogP) is 2.28. The number of benzene rings is 1. The Bertz CT molecular complexity index is 1020. The zero-order chi connectivity index (χ0) is 18.4. The van der Waals surface area contributed by atoms with E-state index in [0.29, 0.717) is 24.9 Å². The second-order valence-electron chi connectivity index (χ2n) is 8.10. The van der Waals surface area contributed by atoms with E-state index in [1.54, 1.807) is 6.07 Å². The van der Waals surface area contributed by atoms with Gasteiger partial charge in [0.05, 0.1) is 6.10 Å². The van der Waals surface area contributed by atoms with E-state index < -0.39 is 6.10 Å². The van der Waals surface area contributed by atoms with Crippen molar-refractivity contribution in [2.45, 2.75) is 31.5 Å². The van der Waals surface area contributed by atoms with Crippen LogP contribution >= 0.6 is 0 Å². The van der Waals surface area contributed by atoms with Crippen LogP contribution in [-0.4, -0.2) is 44.9 Å². The lowest BCUT2D eigenvalue weighted by Gasteiger charge is -2.43. The number of fused-ring (bicyclic) bond motifs is 5. The minimum atomic E-state index is -0.405. The number of hydrogen-bond donors (Lipinski definition) is 1. The molecule has 27 heavy (non-hydrogen) atoms. The normalized spacial score (nSPS) is 23.3. The summed E-state index contributed by atoms with van der Waals surface area (Å²) in [7, 11) is 0. The standard InChI is InChI=1S/C22H25N3O2/c26-19(15-24-9-8-17-4-1-2-5-20(17)24)14-23-11-16-10-18(13-23)21-6-3-7-22(27)25(21)12-16/h1-9,16,18-19,26H,10-15H2. The van der Waals surface area contributed by atoms with Crippen LogP contribution in [0.5, 0.6) is 0 Å². The van der Waals surface area contributed by atoms with Crippen molar-refractivity contribution < 1.29 is 5.11 Å². The van der Waals surface area contributed by atoms with Gasteiger partial charge in [-0.2, -0.15) is 0 Å². The van der Waals surface area contributed by atoms with Gasteiger partial charge < -0.3 is 14.2 Å². The molecule has 3 atom stereocenters. The Morgan fingerprint density at radius 1 is 1.00 bits per heavy atom. The van der Waals surface area contributed by atoms with Crippen molar-refractivity contribution in [3.63, 3.8) is 0 Å². The maximum atomic E-state index is 12.1. The first-order valence-electron chi connectivity index (χ1n) is 9.81. The van der Waals surface area contributed by atoms with Crippen LogP contribution in [0.3, 0.4) is 0 Å². The number of β-amino-alcohol motifs (C(OH)–C–C–N with tert-alkyl or cyclic N) is 1. The fraction of sp³-hybridized carbons (Fsp3) is 0.409. The van der Waals surface area contributed by atoms with Crippen LogP contribution in [0.4, 0.5) is 0 Å². The average molecular weight is 363 g/mol. The highest BCUT2D eigenvalue weighted by molar-refractivity contribution is 5.79. The van der Waals surface area contributed by atoms with E-state index in [1.165, 1.54) is 10.9 Å². The molecular formula is C22H25N3O2. The lowest BCUT2D eigenvalue weighted by molar-refractivity contribution is 0.0553. The molecule has 4 heterocycles. The molecule has 0 spiro atoms. The van der Waals surface area contributed by atoms with Crippen molar-refractivity contribution in [2.75, 3.05) is 19.6 Å². The number of aromatic nitrogens is 2. The number of nitrogens with zero attached hydrogens (tertiary/aromatic N) is 3. The Labute approximate surface area is 158 Å². The van der Waals surface area contributed by atoms with E-state index in [9.17, 15) is 9.90 Å². The fourth-order valence-electron chi connectivity index (χ4n) is 5.03. The van der Waals surface area contributed by atoms with E-state index >= 15 is 0 Å². The number of aliphatic hydroxyl groups excluding tert-OH is 1. The van der Waals surface area contributed by atoms with Crippen molar-refractivity contribution in [1.82, 2.24) is 14.0 Å². The molecule has 5 heteroatoms. The summed E-state index contributed by atoms with van der Waals surface area (Å²) in [5.74, 6) is 0.891. The Kier molecular flexibility index (Phi) is 4.14. The smallest absolute Gasteiger partial charge is 0.250 e. The minimum Gasteiger partial charge on any atom is -0.390 e. The van der Waals surface area contributed by atoms with Gasteiger partial charge >= 0.3 is 0 Å². The molecule has 3 unspecified atom stereocenters. The molecule has 0 amide bonds. The third-order valence-electron chi connectivity index (χ3n) is 6.11. The minimum absolute atomic E-state index is 0.121. The number of hydrogen-bond acceptors (Lipinski definition) is 3. The van der Waals surface area contributed by atoms with Crippen molar-refractivity contribution >= 4 is 10.9 Å². The van der Waals surface area contributed by atoms with Gasteiger partial charge in [0, 0.05) is 62.1 Å². The average Bonchev–Trinajstić information content (AvgIpc) is 3.05. The summed E-state index contributed by atoms with van der Waals surface area (Å²) in [6, 6.07) is 16.0. The van der Waals surface area contributed by atoms with Crippen molar-refractivity contribution in [1.29, 1.82) is 0 Å². The van der Waals surface area contributed by atoms with Crippen LogP contribution in [0.15, 0.2) is 59.5 Å². The van der Waals surface area contributed by atoms with Gasteiger partial charge in [-0.15, -0.1) is 0 Å². The quantitative estimate of drug-likeness (QED) is 0.774. The van der Waals surface area contributed by atoms with Gasteiger partial charge in [0.1, 0.15) is 0 Å². The van der Waals surface area contributed by atoms with Gasteiger partial charge in [0.25, 0.3) is 5.56 Å². The van der Waals surface area contributed by atoms with Crippen molar-refractivity contribution in [3.05, 3.63) is 70.8 Å². The second kappa shape index (κ2) is 6.66.